The van der Waals surface area contributed by atoms with E-state index in [0.717, 1.165) is 25.9 Å². The fourth-order valence-electron chi connectivity index (χ4n) is 0.671. The lowest BCUT2D eigenvalue weighted by Gasteiger charge is -1.93. The number of methoxy groups -OCH3 is 2. The van der Waals surface area contributed by atoms with E-state index in [-0.39, 0.29) is 0 Å². The Kier molecular flexibility index (Phi) is 9.03. The predicted octanol–water partition coefficient (Wildman–Crippen LogP) is 1.45. The molecule has 0 saturated heterocycles. The van der Waals surface area contributed by atoms with E-state index >= 15 is 0 Å². The zero-order valence-corrected chi connectivity index (χ0v) is 7.35. The van der Waals surface area contributed by atoms with Crippen molar-refractivity contribution in [2.75, 3.05) is 27.4 Å². The minimum Gasteiger partial charge on any atom is -0.385 e. The molecule has 0 spiro atoms. The molecule has 0 aromatic heterocycles. The Morgan fingerprint density at radius 3 is 2.45 bits per heavy atom. The van der Waals surface area contributed by atoms with Gasteiger partial charge in [-0.1, -0.05) is 5.92 Å². The van der Waals surface area contributed by atoms with Gasteiger partial charge in [-0.3, -0.25) is 0 Å². The van der Waals surface area contributed by atoms with Crippen LogP contribution in [0, 0.1) is 11.8 Å². The molecule has 64 valence electrons. The fourth-order valence-corrected chi connectivity index (χ4v) is 0.671. The first-order chi connectivity index (χ1) is 5.41. The summed E-state index contributed by atoms with van der Waals surface area (Å²) < 4.78 is 9.67. The molecule has 0 aromatic carbocycles. The van der Waals surface area contributed by atoms with E-state index in [2.05, 4.69) is 11.8 Å². The molecule has 0 atom stereocenters. The number of rotatable bonds is 5. The molecule has 2 nitrogen and oxygen atoms in total. The summed E-state index contributed by atoms with van der Waals surface area (Å²) in [7, 11) is 3.37. The summed E-state index contributed by atoms with van der Waals surface area (Å²) in [5.74, 6) is 5.91. The van der Waals surface area contributed by atoms with Crippen LogP contribution in [0.25, 0.3) is 0 Å². The summed E-state index contributed by atoms with van der Waals surface area (Å²) in [5.41, 5.74) is 0. The van der Waals surface area contributed by atoms with Crippen LogP contribution in [0.5, 0.6) is 0 Å². The highest BCUT2D eigenvalue weighted by Crippen LogP contribution is 1.92. The van der Waals surface area contributed by atoms with Gasteiger partial charge in [0.2, 0.25) is 0 Å². The first-order valence-corrected chi connectivity index (χ1v) is 3.85. The van der Waals surface area contributed by atoms with Crippen LogP contribution in [0.1, 0.15) is 19.3 Å². The van der Waals surface area contributed by atoms with Crippen molar-refractivity contribution < 1.29 is 9.47 Å². The molecule has 11 heavy (non-hydrogen) atoms. The number of hydrogen-bond donors (Lipinski definition) is 0. The van der Waals surface area contributed by atoms with Crippen LogP contribution < -0.4 is 0 Å². The van der Waals surface area contributed by atoms with Crippen LogP contribution in [0.15, 0.2) is 0 Å². The average Bonchev–Trinajstić information content (AvgIpc) is 2.03. The summed E-state index contributed by atoms with van der Waals surface area (Å²) in [6.07, 6.45) is 3.16. The van der Waals surface area contributed by atoms with Gasteiger partial charge < -0.3 is 9.47 Å². The van der Waals surface area contributed by atoms with Gasteiger partial charge >= 0.3 is 0 Å². The van der Waals surface area contributed by atoms with Gasteiger partial charge in [-0.05, 0) is 12.8 Å². The van der Waals surface area contributed by atoms with Gasteiger partial charge in [0.05, 0.1) is 0 Å². The summed E-state index contributed by atoms with van der Waals surface area (Å²) in [6, 6.07) is 0. The molecule has 0 aromatic rings. The van der Waals surface area contributed by atoms with E-state index in [0.29, 0.717) is 6.61 Å². The molecule has 0 saturated carbocycles. The summed E-state index contributed by atoms with van der Waals surface area (Å²) in [4.78, 5) is 0. The molecule has 0 aliphatic heterocycles. The van der Waals surface area contributed by atoms with Crippen molar-refractivity contribution in [3.05, 3.63) is 0 Å². The molecular formula is C9H16O2. The molecule has 0 unspecified atom stereocenters. The lowest BCUT2D eigenvalue weighted by Crippen LogP contribution is -1.87. The number of ether oxygens (including phenoxy) is 2. The minimum atomic E-state index is 0.546. The Balaban J connectivity index is 2.96. The smallest absolute Gasteiger partial charge is 0.107 e. The van der Waals surface area contributed by atoms with Gasteiger partial charge in [-0.2, -0.15) is 0 Å². The Morgan fingerprint density at radius 2 is 1.82 bits per heavy atom. The van der Waals surface area contributed by atoms with Crippen LogP contribution >= 0.6 is 0 Å². The van der Waals surface area contributed by atoms with Gasteiger partial charge in [0.15, 0.2) is 0 Å². The van der Waals surface area contributed by atoms with Crippen molar-refractivity contribution in [3.63, 3.8) is 0 Å². The quantitative estimate of drug-likeness (QED) is 0.443. The predicted molar refractivity (Wildman–Crippen MR) is 45.4 cm³/mol. The summed E-state index contributed by atoms with van der Waals surface area (Å²) in [5, 5.41) is 0. The Bertz CT molecular complexity index is 121. The second-order valence-corrected chi connectivity index (χ2v) is 2.24. The highest BCUT2D eigenvalue weighted by atomic mass is 16.5. The molecular weight excluding hydrogens is 140 g/mol. The van der Waals surface area contributed by atoms with E-state index in [1.54, 1.807) is 14.2 Å². The van der Waals surface area contributed by atoms with Crippen molar-refractivity contribution >= 4 is 0 Å². The normalized spacial score (nSPS) is 8.91. The lowest BCUT2D eigenvalue weighted by molar-refractivity contribution is 0.193. The molecule has 0 aliphatic carbocycles. The third kappa shape index (κ3) is 9.48. The van der Waals surface area contributed by atoms with E-state index in [1.807, 2.05) is 0 Å². The van der Waals surface area contributed by atoms with Crippen molar-refractivity contribution in [1.29, 1.82) is 0 Å². The van der Waals surface area contributed by atoms with Crippen LogP contribution in [-0.4, -0.2) is 27.4 Å². The maximum absolute atomic E-state index is 4.90. The lowest BCUT2D eigenvalue weighted by atomic mass is 10.2. The van der Waals surface area contributed by atoms with Gasteiger partial charge in [-0.15, -0.1) is 5.92 Å². The van der Waals surface area contributed by atoms with Crippen LogP contribution in [0.4, 0.5) is 0 Å². The maximum atomic E-state index is 4.90. The highest BCUT2D eigenvalue weighted by molar-refractivity contribution is 4.98. The van der Waals surface area contributed by atoms with Crippen molar-refractivity contribution in [2.45, 2.75) is 19.3 Å². The zero-order chi connectivity index (χ0) is 8.36. The van der Waals surface area contributed by atoms with Crippen molar-refractivity contribution in [3.8, 4) is 11.8 Å². The second-order valence-electron chi connectivity index (χ2n) is 2.24. The van der Waals surface area contributed by atoms with Crippen LogP contribution in [-0.2, 0) is 9.47 Å². The highest BCUT2D eigenvalue weighted by Gasteiger charge is 1.82. The molecule has 2 heteroatoms. The molecule has 0 rings (SSSR count). The third-order valence-corrected chi connectivity index (χ3v) is 1.24. The average molecular weight is 156 g/mol. The molecule has 0 amide bonds. The molecule has 0 aliphatic rings. The molecule has 0 fully saturated rings. The monoisotopic (exact) mass is 156 g/mol. The van der Waals surface area contributed by atoms with E-state index in [4.69, 9.17) is 9.47 Å². The van der Waals surface area contributed by atoms with Gasteiger partial charge in [0.25, 0.3) is 0 Å². The van der Waals surface area contributed by atoms with Crippen LogP contribution in [0.3, 0.4) is 0 Å². The third-order valence-electron chi connectivity index (χ3n) is 1.24. The molecule has 0 heterocycles. The van der Waals surface area contributed by atoms with Gasteiger partial charge in [0, 0.05) is 27.2 Å². The largest absolute Gasteiger partial charge is 0.385 e. The maximum Gasteiger partial charge on any atom is 0.107 e. The SMILES string of the molecule is COCC#CCCCCOC. The van der Waals surface area contributed by atoms with Crippen molar-refractivity contribution in [1.82, 2.24) is 0 Å². The first kappa shape index (κ1) is 10.5. The summed E-state index contributed by atoms with van der Waals surface area (Å²) >= 11 is 0. The molecule has 0 radical (unpaired) electrons. The standard InChI is InChI=1S/C9H16O2/c1-10-8-6-4-3-5-7-9-11-2/h3-4,6,8-9H2,1-2H3. The first-order valence-electron chi connectivity index (χ1n) is 3.85. The molecule has 0 bridgehead atoms. The minimum absolute atomic E-state index is 0.546. The zero-order valence-electron chi connectivity index (χ0n) is 7.35. The number of hydrogen-bond acceptors (Lipinski definition) is 2. The fraction of sp³-hybridized carbons (Fsp3) is 0.778. The van der Waals surface area contributed by atoms with E-state index < -0.39 is 0 Å². The molecule has 0 N–H and O–H groups in total. The topological polar surface area (TPSA) is 18.5 Å². The van der Waals surface area contributed by atoms with E-state index in [1.165, 1.54) is 0 Å². The van der Waals surface area contributed by atoms with E-state index in [9.17, 15) is 0 Å². The Labute approximate surface area is 68.9 Å². The second kappa shape index (κ2) is 9.48. The van der Waals surface area contributed by atoms with Gasteiger partial charge in [-0.25, -0.2) is 0 Å². The summed E-state index contributed by atoms with van der Waals surface area (Å²) in [6.45, 7) is 1.39. The Hall–Kier alpha value is -0.520. The van der Waals surface area contributed by atoms with Crippen LogP contribution in [0.2, 0.25) is 0 Å². The van der Waals surface area contributed by atoms with Gasteiger partial charge in [0.1, 0.15) is 6.61 Å². The Morgan fingerprint density at radius 1 is 1.00 bits per heavy atom. The number of unbranched alkanes of at least 4 members (excludes halogenated alkanes) is 2. The van der Waals surface area contributed by atoms with Crippen molar-refractivity contribution in [2.24, 2.45) is 0 Å².